The average molecular weight is 364 g/mol. The Labute approximate surface area is 160 Å². The van der Waals surface area contributed by atoms with Crippen molar-refractivity contribution in [3.8, 4) is 0 Å². The Bertz CT molecular complexity index is 883. The van der Waals surface area contributed by atoms with E-state index in [0.717, 1.165) is 31.6 Å². The third-order valence-electron chi connectivity index (χ3n) is 7.26. The third kappa shape index (κ3) is 2.56. The van der Waals surface area contributed by atoms with Crippen LogP contribution < -0.4 is 0 Å². The third-order valence-corrected chi connectivity index (χ3v) is 7.26. The number of ether oxygens (including phenoxy) is 1. The molecule has 5 rings (SSSR count). The minimum absolute atomic E-state index is 0.0835. The molecule has 1 heterocycles. The van der Waals surface area contributed by atoms with Gasteiger partial charge in [-0.3, -0.25) is 4.68 Å². The Morgan fingerprint density at radius 1 is 1.19 bits per heavy atom. The molecule has 0 spiro atoms. The van der Waals surface area contributed by atoms with Gasteiger partial charge in [0, 0.05) is 11.3 Å². The zero-order chi connectivity index (χ0) is 18.8. The quantitative estimate of drug-likeness (QED) is 0.733. The Kier molecular flexibility index (Phi) is 3.75. The minimum atomic E-state index is -0.211. The topological polar surface area (TPSA) is 44.1 Å². The molecule has 0 aliphatic heterocycles. The number of benzene rings is 1. The summed E-state index contributed by atoms with van der Waals surface area (Å²) < 4.78 is 8.24. The van der Waals surface area contributed by atoms with Gasteiger partial charge in [0.05, 0.1) is 17.3 Å². The van der Waals surface area contributed by atoms with Crippen molar-refractivity contribution in [2.45, 2.75) is 70.9 Å². The Balaban J connectivity index is 1.42. The predicted octanol–water partition coefficient (Wildman–Crippen LogP) is 4.83. The second kappa shape index (κ2) is 5.95. The first-order valence-electron chi connectivity index (χ1n) is 10.3. The zero-order valence-electron chi connectivity index (χ0n) is 16.4. The summed E-state index contributed by atoms with van der Waals surface area (Å²) in [6.07, 6.45) is 5.30. The maximum atomic E-state index is 12.6. The molecule has 1 aromatic carbocycles. The van der Waals surface area contributed by atoms with Crippen molar-refractivity contribution in [3.05, 3.63) is 52.8 Å². The van der Waals surface area contributed by atoms with Crippen LogP contribution in [0.3, 0.4) is 0 Å². The van der Waals surface area contributed by atoms with Crippen molar-refractivity contribution < 1.29 is 9.53 Å². The first-order chi connectivity index (χ1) is 13.0. The fourth-order valence-electron chi connectivity index (χ4n) is 5.67. The lowest BCUT2D eigenvalue weighted by atomic mass is 9.91. The summed E-state index contributed by atoms with van der Waals surface area (Å²) in [7, 11) is 0. The van der Waals surface area contributed by atoms with E-state index in [1.54, 1.807) is 0 Å². The van der Waals surface area contributed by atoms with E-state index in [1.165, 1.54) is 23.4 Å². The summed E-state index contributed by atoms with van der Waals surface area (Å²) in [6.45, 7) is 6.92. The predicted molar refractivity (Wildman–Crippen MR) is 104 cm³/mol. The molecule has 0 amide bonds. The summed E-state index contributed by atoms with van der Waals surface area (Å²) >= 11 is 0. The molecule has 2 aromatic rings. The number of hydrogen-bond acceptors (Lipinski definition) is 3. The van der Waals surface area contributed by atoms with E-state index in [9.17, 15) is 4.79 Å². The van der Waals surface area contributed by atoms with Crippen LogP contribution in [0.1, 0.15) is 78.8 Å². The van der Waals surface area contributed by atoms with Crippen LogP contribution in [0.2, 0.25) is 0 Å². The molecule has 142 valence electrons. The van der Waals surface area contributed by atoms with Gasteiger partial charge in [0.1, 0.15) is 6.10 Å². The van der Waals surface area contributed by atoms with Crippen molar-refractivity contribution in [2.75, 3.05) is 0 Å². The Hall–Kier alpha value is -2.10. The second-order valence-electron chi connectivity index (χ2n) is 9.16. The molecule has 0 radical (unpaired) electrons. The van der Waals surface area contributed by atoms with E-state index in [1.807, 2.05) is 30.3 Å². The van der Waals surface area contributed by atoms with Crippen LogP contribution in [-0.4, -0.2) is 21.9 Å². The fraction of sp³-hybridized carbons (Fsp3) is 0.565. The monoisotopic (exact) mass is 364 g/mol. The van der Waals surface area contributed by atoms with Gasteiger partial charge in [-0.05, 0) is 62.0 Å². The van der Waals surface area contributed by atoms with Crippen LogP contribution in [0, 0.1) is 18.3 Å². The second-order valence-corrected chi connectivity index (χ2v) is 9.16. The molecule has 0 N–H and O–H groups in total. The van der Waals surface area contributed by atoms with E-state index in [0.29, 0.717) is 16.9 Å². The number of carbonyl (C=O) groups is 1. The maximum Gasteiger partial charge on any atom is 0.338 e. The van der Waals surface area contributed by atoms with Gasteiger partial charge < -0.3 is 4.74 Å². The number of carbonyl (C=O) groups excluding carboxylic acids is 1. The number of nitrogens with zero attached hydrogens (tertiary/aromatic N) is 2. The van der Waals surface area contributed by atoms with Crippen LogP contribution in [0.4, 0.5) is 0 Å². The van der Waals surface area contributed by atoms with Crippen molar-refractivity contribution in [1.82, 2.24) is 9.78 Å². The molecule has 2 fully saturated rings. The van der Waals surface area contributed by atoms with Gasteiger partial charge in [-0.2, -0.15) is 5.10 Å². The summed E-state index contributed by atoms with van der Waals surface area (Å²) in [5.41, 5.74) is 5.14. The lowest BCUT2D eigenvalue weighted by molar-refractivity contribution is 0.00151. The van der Waals surface area contributed by atoms with Gasteiger partial charge >= 0.3 is 5.97 Å². The zero-order valence-corrected chi connectivity index (χ0v) is 16.4. The normalized spacial score (nSPS) is 30.5. The van der Waals surface area contributed by atoms with Crippen LogP contribution in [0.15, 0.2) is 30.3 Å². The van der Waals surface area contributed by atoms with E-state index in [4.69, 9.17) is 9.84 Å². The largest absolute Gasteiger partial charge is 0.457 e. The number of aromatic nitrogens is 2. The van der Waals surface area contributed by atoms with Gasteiger partial charge in [-0.1, -0.05) is 38.5 Å². The van der Waals surface area contributed by atoms with Gasteiger partial charge in [-0.25, -0.2) is 4.79 Å². The molecule has 4 nitrogen and oxygen atoms in total. The highest BCUT2D eigenvalue weighted by Crippen LogP contribution is 2.70. The van der Waals surface area contributed by atoms with Gasteiger partial charge in [0.25, 0.3) is 0 Å². The molecule has 4 atom stereocenters. The van der Waals surface area contributed by atoms with E-state index in [2.05, 4.69) is 25.5 Å². The molecule has 1 aromatic heterocycles. The number of aryl methyl sites for hydroxylation is 1. The van der Waals surface area contributed by atoms with E-state index >= 15 is 0 Å². The summed E-state index contributed by atoms with van der Waals surface area (Å²) in [5, 5.41) is 4.95. The number of rotatable bonds is 3. The highest BCUT2D eigenvalue weighted by Gasteiger charge is 2.64. The summed E-state index contributed by atoms with van der Waals surface area (Å²) in [5.74, 6) is 1.23. The minimum Gasteiger partial charge on any atom is -0.457 e. The molecule has 0 bridgehead atoms. The molecule has 3 aliphatic rings. The van der Waals surface area contributed by atoms with Crippen LogP contribution in [0.5, 0.6) is 0 Å². The van der Waals surface area contributed by atoms with Crippen molar-refractivity contribution in [3.63, 3.8) is 0 Å². The van der Waals surface area contributed by atoms with Crippen molar-refractivity contribution in [2.24, 2.45) is 11.3 Å². The molecule has 3 aliphatic carbocycles. The van der Waals surface area contributed by atoms with Crippen LogP contribution >= 0.6 is 0 Å². The average Bonchev–Trinajstić information content (AvgIpc) is 3.00. The molecular weight excluding hydrogens is 336 g/mol. The SMILES string of the molecule is Cc1nn(C2CCCCC2OC(=O)c2ccccc2)c2c1C1C(C2)C1(C)C. The highest BCUT2D eigenvalue weighted by atomic mass is 16.5. The number of esters is 1. The molecule has 4 unspecified atom stereocenters. The van der Waals surface area contributed by atoms with Gasteiger partial charge in [0.2, 0.25) is 0 Å². The van der Waals surface area contributed by atoms with E-state index in [-0.39, 0.29) is 18.1 Å². The molecular formula is C23H28N2O2. The van der Waals surface area contributed by atoms with Crippen LogP contribution in [0.25, 0.3) is 0 Å². The summed E-state index contributed by atoms with van der Waals surface area (Å²) in [4.78, 5) is 12.6. The lowest BCUT2D eigenvalue weighted by Crippen LogP contribution is -2.34. The fourth-order valence-corrected chi connectivity index (χ4v) is 5.67. The maximum absolute atomic E-state index is 12.6. The van der Waals surface area contributed by atoms with Crippen molar-refractivity contribution >= 4 is 5.97 Å². The first-order valence-corrected chi connectivity index (χ1v) is 10.3. The highest BCUT2D eigenvalue weighted by molar-refractivity contribution is 5.89. The van der Waals surface area contributed by atoms with E-state index < -0.39 is 0 Å². The first kappa shape index (κ1) is 17.0. The molecule has 2 saturated carbocycles. The van der Waals surface area contributed by atoms with Crippen LogP contribution in [-0.2, 0) is 11.2 Å². The van der Waals surface area contributed by atoms with Gasteiger partial charge in [-0.15, -0.1) is 0 Å². The lowest BCUT2D eigenvalue weighted by Gasteiger charge is -2.32. The van der Waals surface area contributed by atoms with Crippen molar-refractivity contribution in [1.29, 1.82) is 0 Å². The number of fused-ring (bicyclic) bond motifs is 3. The smallest absolute Gasteiger partial charge is 0.338 e. The Morgan fingerprint density at radius 3 is 2.70 bits per heavy atom. The Morgan fingerprint density at radius 2 is 1.93 bits per heavy atom. The summed E-state index contributed by atoms with van der Waals surface area (Å²) in [6, 6.07) is 9.51. The molecule has 0 saturated heterocycles. The van der Waals surface area contributed by atoms with Gasteiger partial charge in [0.15, 0.2) is 0 Å². The standard InChI is InChI=1S/C23H28N2O2/c1-14-20-18(13-16-21(20)23(16,2)3)25(24-14)17-11-7-8-12-19(17)27-22(26)15-9-5-4-6-10-15/h4-6,9-10,16-17,19,21H,7-8,11-13H2,1-3H3. The number of hydrogen-bond donors (Lipinski definition) is 0. The molecule has 27 heavy (non-hydrogen) atoms. The molecule has 4 heteroatoms.